The molecule has 3 N–H and O–H groups in total. The molecule has 0 aliphatic heterocycles. The summed E-state index contributed by atoms with van der Waals surface area (Å²) in [5.74, 6) is 0. The molecule has 0 amide bonds. The van der Waals surface area contributed by atoms with Gasteiger partial charge in [-0.05, 0) is 19.3 Å². The fraction of sp³-hybridized carbons (Fsp3) is 1.00. The van der Waals surface area contributed by atoms with Crippen LogP contribution >= 0.6 is 0 Å². The van der Waals surface area contributed by atoms with E-state index in [1.165, 1.54) is 0 Å². The molecule has 0 aromatic carbocycles. The molecule has 0 spiro atoms. The van der Waals surface area contributed by atoms with Crippen LogP contribution in [-0.4, -0.2) is 74.7 Å². The van der Waals surface area contributed by atoms with Crippen molar-refractivity contribution < 1.29 is 34.3 Å². The summed E-state index contributed by atoms with van der Waals surface area (Å²) in [6.45, 7) is 0.458. The Hall–Kier alpha value is -0.280. The van der Waals surface area contributed by atoms with Crippen LogP contribution in [0.25, 0.3) is 0 Å². The summed E-state index contributed by atoms with van der Waals surface area (Å²) in [6.07, 6.45) is 1.20. The number of hydrogen-bond acceptors (Lipinski definition) is 7. The molecule has 0 saturated carbocycles. The molecule has 0 aromatic heterocycles. The first-order valence-electron chi connectivity index (χ1n) is 6.48. The summed E-state index contributed by atoms with van der Waals surface area (Å²) in [4.78, 5) is 0. The van der Waals surface area contributed by atoms with Crippen molar-refractivity contribution in [3.8, 4) is 0 Å². The first-order chi connectivity index (χ1) is 9.28. The van der Waals surface area contributed by atoms with Gasteiger partial charge in [-0.15, -0.1) is 0 Å². The SMILES string of the molecule is COC(CCCC(OCCO)OCCO)OCCO. The highest BCUT2D eigenvalue weighted by Gasteiger charge is 2.12. The molecule has 0 bridgehead atoms. The van der Waals surface area contributed by atoms with E-state index in [1.54, 1.807) is 7.11 Å². The summed E-state index contributed by atoms with van der Waals surface area (Å²) in [5.41, 5.74) is 0. The quantitative estimate of drug-likeness (QED) is 0.369. The minimum absolute atomic E-state index is 0.0400. The number of hydrogen-bond donors (Lipinski definition) is 3. The fourth-order valence-electron chi connectivity index (χ4n) is 1.49. The van der Waals surface area contributed by atoms with Crippen molar-refractivity contribution >= 4 is 0 Å². The van der Waals surface area contributed by atoms with Crippen molar-refractivity contribution in [1.29, 1.82) is 0 Å². The Morgan fingerprint density at radius 3 is 1.58 bits per heavy atom. The molecule has 0 aliphatic carbocycles. The van der Waals surface area contributed by atoms with Crippen molar-refractivity contribution in [3.63, 3.8) is 0 Å². The van der Waals surface area contributed by atoms with Gasteiger partial charge in [-0.2, -0.15) is 0 Å². The van der Waals surface area contributed by atoms with Crippen LogP contribution in [-0.2, 0) is 18.9 Å². The Morgan fingerprint density at radius 2 is 1.16 bits per heavy atom. The summed E-state index contributed by atoms with van der Waals surface area (Å²) in [6, 6.07) is 0. The van der Waals surface area contributed by atoms with Crippen LogP contribution in [0.1, 0.15) is 19.3 Å². The van der Waals surface area contributed by atoms with Gasteiger partial charge in [0.15, 0.2) is 12.6 Å². The number of aliphatic hydroxyl groups is 3. The zero-order chi connectivity index (χ0) is 14.3. The van der Waals surface area contributed by atoms with Gasteiger partial charge < -0.3 is 34.3 Å². The number of aliphatic hydroxyl groups excluding tert-OH is 3. The molecular formula is C12H26O7. The molecule has 0 radical (unpaired) electrons. The van der Waals surface area contributed by atoms with E-state index in [9.17, 15) is 0 Å². The largest absolute Gasteiger partial charge is 0.394 e. The second-order valence-corrected chi connectivity index (χ2v) is 3.81. The van der Waals surface area contributed by atoms with Gasteiger partial charge in [-0.1, -0.05) is 0 Å². The molecule has 0 saturated heterocycles. The van der Waals surface area contributed by atoms with Crippen molar-refractivity contribution in [2.45, 2.75) is 31.8 Å². The van der Waals surface area contributed by atoms with Crippen LogP contribution in [0.2, 0.25) is 0 Å². The standard InChI is InChI=1S/C12H26O7/c1-16-11(17-8-5-13)3-2-4-12(18-9-6-14)19-10-7-15/h11-15H,2-10H2,1H3. The van der Waals surface area contributed by atoms with E-state index in [-0.39, 0.29) is 45.9 Å². The normalized spacial score (nSPS) is 13.1. The van der Waals surface area contributed by atoms with Crippen LogP contribution in [0, 0.1) is 0 Å². The van der Waals surface area contributed by atoms with E-state index in [0.29, 0.717) is 12.8 Å². The minimum Gasteiger partial charge on any atom is -0.394 e. The first-order valence-corrected chi connectivity index (χ1v) is 6.48. The Labute approximate surface area is 114 Å². The molecular weight excluding hydrogens is 256 g/mol. The number of methoxy groups -OCH3 is 1. The van der Waals surface area contributed by atoms with Gasteiger partial charge in [-0.3, -0.25) is 0 Å². The fourth-order valence-corrected chi connectivity index (χ4v) is 1.49. The molecule has 0 aromatic rings. The maximum atomic E-state index is 8.70. The number of rotatable bonds is 14. The van der Waals surface area contributed by atoms with Crippen LogP contribution in [0.4, 0.5) is 0 Å². The Morgan fingerprint density at radius 1 is 0.737 bits per heavy atom. The van der Waals surface area contributed by atoms with Crippen LogP contribution < -0.4 is 0 Å². The van der Waals surface area contributed by atoms with Gasteiger partial charge in [0.05, 0.1) is 39.6 Å². The zero-order valence-corrected chi connectivity index (χ0v) is 11.5. The maximum absolute atomic E-state index is 8.70. The van der Waals surface area contributed by atoms with E-state index in [2.05, 4.69) is 0 Å². The summed E-state index contributed by atoms with van der Waals surface area (Å²) < 4.78 is 20.9. The van der Waals surface area contributed by atoms with Crippen molar-refractivity contribution in [2.75, 3.05) is 46.8 Å². The minimum atomic E-state index is -0.449. The van der Waals surface area contributed by atoms with Gasteiger partial charge in [0.2, 0.25) is 0 Å². The lowest BCUT2D eigenvalue weighted by Crippen LogP contribution is -2.23. The molecule has 116 valence electrons. The third kappa shape index (κ3) is 11.3. The Balaban J connectivity index is 3.80. The van der Waals surface area contributed by atoms with Crippen molar-refractivity contribution in [1.82, 2.24) is 0 Å². The molecule has 0 rings (SSSR count). The lowest BCUT2D eigenvalue weighted by Gasteiger charge is -2.19. The average Bonchev–Trinajstić information content (AvgIpc) is 2.44. The van der Waals surface area contributed by atoms with E-state index in [4.69, 9.17) is 34.3 Å². The summed E-state index contributed by atoms with van der Waals surface area (Å²) in [5, 5.41) is 26.0. The molecule has 1 unspecified atom stereocenters. The van der Waals surface area contributed by atoms with E-state index >= 15 is 0 Å². The monoisotopic (exact) mass is 282 g/mol. The molecule has 0 fully saturated rings. The predicted molar refractivity (Wildman–Crippen MR) is 67.5 cm³/mol. The third-order valence-corrected chi connectivity index (χ3v) is 2.33. The van der Waals surface area contributed by atoms with E-state index < -0.39 is 6.29 Å². The Bertz CT molecular complexity index is 171. The van der Waals surface area contributed by atoms with Gasteiger partial charge in [0.1, 0.15) is 0 Å². The molecule has 0 heterocycles. The summed E-state index contributed by atoms with van der Waals surface area (Å²) >= 11 is 0. The second-order valence-electron chi connectivity index (χ2n) is 3.81. The predicted octanol–water partition coefficient (Wildman–Crippen LogP) is -0.518. The third-order valence-electron chi connectivity index (χ3n) is 2.33. The van der Waals surface area contributed by atoms with Gasteiger partial charge in [-0.25, -0.2) is 0 Å². The smallest absolute Gasteiger partial charge is 0.157 e. The van der Waals surface area contributed by atoms with Crippen molar-refractivity contribution in [3.05, 3.63) is 0 Å². The molecule has 19 heavy (non-hydrogen) atoms. The molecule has 7 nitrogen and oxygen atoms in total. The molecule has 1 atom stereocenters. The highest BCUT2D eigenvalue weighted by atomic mass is 16.7. The van der Waals surface area contributed by atoms with Crippen LogP contribution in [0.5, 0.6) is 0 Å². The lowest BCUT2D eigenvalue weighted by atomic mass is 10.2. The first kappa shape index (κ1) is 18.7. The average molecular weight is 282 g/mol. The molecule has 7 heteroatoms. The summed E-state index contributed by atoms with van der Waals surface area (Å²) in [7, 11) is 1.55. The van der Waals surface area contributed by atoms with Crippen LogP contribution in [0.15, 0.2) is 0 Å². The van der Waals surface area contributed by atoms with Gasteiger partial charge >= 0.3 is 0 Å². The highest BCUT2D eigenvalue weighted by molar-refractivity contribution is 4.52. The van der Waals surface area contributed by atoms with E-state index in [0.717, 1.165) is 6.42 Å². The molecule has 0 aliphatic rings. The van der Waals surface area contributed by atoms with Crippen LogP contribution in [0.3, 0.4) is 0 Å². The Kier molecular flexibility index (Phi) is 13.9. The highest BCUT2D eigenvalue weighted by Crippen LogP contribution is 2.11. The maximum Gasteiger partial charge on any atom is 0.157 e. The van der Waals surface area contributed by atoms with E-state index in [1.807, 2.05) is 0 Å². The lowest BCUT2D eigenvalue weighted by molar-refractivity contribution is -0.163. The topological polar surface area (TPSA) is 97.6 Å². The number of ether oxygens (including phenoxy) is 4. The van der Waals surface area contributed by atoms with Crippen molar-refractivity contribution in [2.24, 2.45) is 0 Å². The second kappa shape index (κ2) is 14.1. The van der Waals surface area contributed by atoms with Gasteiger partial charge in [0.25, 0.3) is 0 Å². The van der Waals surface area contributed by atoms with Gasteiger partial charge in [0, 0.05) is 7.11 Å². The zero-order valence-electron chi connectivity index (χ0n) is 11.5.